The number of benzene rings is 1. The highest BCUT2D eigenvalue weighted by Gasteiger charge is 2.31. The van der Waals surface area contributed by atoms with Crippen LogP contribution in [0.1, 0.15) is 25.3 Å². The Bertz CT molecular complexity index is 438. The van der Waals surface area contributed by atoms with E-state index in [0.29, 0.717) is 6.54 Å². The van der Waals surface area contributed by atoms with Crippen LogP contribution in [-0.2, 0) is 11.2 Å². The molecule has 0 bridgehead atoms. The zero-order valence-corrected chi connectivity index (χ0v) is 12.5. The number of hydrogen-bond acceptors (Lipinski definition) is 3. The van der Waals surface area contributed by atoms with Gasteiger partial charge in [-0.25, -0.2) is 0 Å². The minimum Gasteiger partial charge on any atom is -0.377 e. The van der Waals surface area contributed by atoms with Gasteiger partial charge in [0.1, 0.15) is 0 Å². The van der Waals surface area contributed by atoms with Crippen LogP contribution in [0.3, 0.4) is 0 Å². The minimum atomic E-state index is -0.0689. The number of hydrogen-bond donors (Lipinski definition) is 1. The molecule has 1 aromatic rings. The predicted octanol–water partition coefficient (Wildman–Crippen LogP) is 2.85. The Kier molecular flexibility index (Phi) is 4.71. The molecule has 1 fully saturated rings. The second kappa shape index (κ2) is 6.12. The Morgan fingerprint density at radius 2 is 2.26 bits per heavy atom. The van der Waals surface area contributed by atoms with E-state index in [0.717, 1.165) is 37.4 Å². The first-order valence-electron chi connectivity index (χ1n) is 6.86. The van der Waals surface area contributed by atoms with Crippen molar-refractivity contribution in [1.82, 2.24) is 0 Å². The summed E-state index contributed by atoms with van der Waals surface area (Å²) in [6.45, 7) is 4.79. The molecule has 0 spiro atoms. The molecule has 2 N–H and O–H groups in total. The lowest BCUT2D eigenvalue weighted by Gasteiger charge is -2.41. The smallest absolute Gasteiger partial charge is 0.0825 e. The van der Waals surface area contributed by atoms with Crippen LogP contribution in [0, 0.1) is 0 Å². The van der Waals surface area contributed by atoms with E-state index in [-0.39, 0.29) is 5.60 Å². The summed E-state index contributed by atoms with van der Waals surface area (Å²) in [6, 6.07) is 6.08. The first-order valence-corrected chi connectivity index (χ1v) is 7.24. The Balaban J connectivity index is 2.27. The van der Waals surface area contributed by atoms with E-state index in [1.807, 2.05) is 12.1 Å². The van der Waals surface area contributed by atoms with Crippen LogP contribution in [0.2, 0.25) is 5.02 Å². The van der Waals surface area contributed by atoms with E-state index in [9.17, 15) is 0 Å². The van der Waals surface area contributed by atoms with Crippen LogP contribution in [-0.4, -0.2) is 32.3 Å². The van der Waals surface area contributed by atoms with E-state index in [4.69, 9.17) is 22.1 Å². The monoisotopic (exact) mass is 282 g/mol. The molecule has 1 aliphatic rings. The fraction of sp³-hybridized carbons (Fsp3) is 0.600. The molecular weight excluding hydrogens is 260 g/mol. The summed E-state index contributed by atoms with van der Waals surface area (Å²) < 4.78 is 5.66. The molecule has 2 rings (SSSR count). The number of piperidine rings is 1. The highest BCUT2D eigenvalue weighted by molar-refractivity contribution is 6.30. The summed E-state index contributed by atoms with van der Waals surface area (Å²) in [4.78, 5) is 2.38. The van der Waals surface area contributed by atoms with Crippen LogP contribution in [0.25, 0.3) is 0 Å². The van der Waals surface area contributed by atoms with Crippen molar-refractivity contribution < 1.29 is 4.74 Å². The number of nitrogens with two attached hydrogens (primary N) is 1. The molecule has 1 aromatic carbocycles. The summed E-state index contributed by atoms with van der Waals surface area (Å²) in [5.41, 5.74) is 8.11. The maximum absolute atomic E-state index is 6.15. The minimum absolute atomic E-state index is 0.0689. The van der Waals surface area contributed by atoms with Crippen LogP contribution >= 0.6 is 11.6 Å². The molecule has 106 valence electrons. The van der Waals surface area contributed by atoms with Gasteiger partial charge >= 0.3 is 0 Å². The molecule has 4 heteroatoms. The van der Waals surface area contributed by atoms with Crippen molar-refractivity contribution in [3.8, 4) is 0 Å². The number of nitrogens with zero attached hydrogens (tertiary/aromatic N) is 1. The number of halogens is 1. The summed E-state index contributed by atoms with van der Waals surface area (Å²) in [7, 11) is 1.79. The lowest BCUT2D eigenvalue weighted by Crippen LogP contribution is -2.47. The molecule has 3 nitrogen and oxygen atoms in total. The third kappa shape index (κ3) is 3.41. The summed E-state index contributed by atoms with van der Waals surface area (Å²) in [6.07, 6.45) is 3.12. The van der Waals surface area contributed by atoms with Gasteiger partial charge in [-0.15, -0.1) is 0 Å². The SMILES string of the molecule is COC1(C)CCCN(c2cc(Cl)ccc2CCN)C1. The molecule has 0 radical (unpaired) electrons. The standard InChI is InChI=1S/C15H23ClN2O/c1-15(19-2)7-3-9-18(11-15)14-10-13(16)5-4-12(14)6-8-17/h4-5,10H,3,6-9,11,17H2,1-2H3. The first-order chi connectivity index (χ1) is 9.08. The Morgan fingerprint density at radius 1 is 1.47 bits per heavy atom. The predicted molar refractivity (Wildman–Crippen MR) is 81.1 cm³/mol. The zero-order chi connectivity index (χ0) is 13.9. The second-order valence-electron chi connectivity index (χ2n) is 5.49. The van der Waals surface area contributed by atoms with Crippen LogP contribution in [0.5, 0.6) is 0 Å². The average molecular weight is 283 g/mol. The van der Waals surface area contributed by atoms with Gasteiger partial charge in [-0.1, -0.05) is 17.7 Å². The van der Waals surface area contributed by atoms with Gasteiger partial charge in [-0.2, -0.15) is 0 Å². The van der Waals surface area contributed by atoms with Gasteiger partial charge in [0, 0.05) is 30.9 Å². The Labute approximate surface area is 120 Å². The molecule has 0 saturated carbocycles. The lowest BCUT2D eigenvalue weighted by molar-refractivity contribution is -0.00468. The molecule has 1 atom stereocenters. The first kappa shape index (κ1) is 14.6. The van der Waals surface area contributed by atoms with Gasteiger partial charge in [0.25, 0.3) is 0 Å². The van der Waals surface area contributed by atoms with Crippen molar-refractivity contribution in [2.45, 2.75) is 31.8 Å². The summed E-state index contributed by atoms with van der Waals surface area (Å²) in [5.74, 6) is 0. The van der Waals surface area contributed by atoms with E-state index in [2.05, 4.69) is 17.9 Å². The molecule has 0 aliphatic carbocycles. The molecule has 1 aliphatic heterocycles. The largest absolute Gasteiger partial charge is 0.377 e. The van der Waals surface area contributed by atoms with Gasteiger partial charge in [-0.05, 0) is 50.4 Å². The van der Waals surface area contributed by atoms with Crippen molar-refractivity contribution in [2.24, 2.45) is 5.73 Å². The van der Waals surface area contributed by atoms with Crippen molar-refractivity contribution in [3.63, 3.8) is 0 Å². The van der Waals surface area contributed by atoms with Gasteiger partial charge < -0.3 is 15.4 Å². The quantitative estimate of drug-likeness (QED) is 0.923. The van der Waals surface area contributed by atoms with Crippen molar-refractivity contribution in [1.29, 1.82) is 0 Å². The molecule has 1 saturated heterocycles. The topological polar surface area (TPSA) is 38.5 Å². The highest BCUT2D eigenvalue weighted by Crippen LogP contribution is 2.32. The number of anilines is 1. The number of ether oxygens (including phenoxy) is 1. The molecule has 19 heavy (non-hydrogen) atoms. The highest BCUT2D eigenvalue weighted by atomic mass is 35.5. The van der Waals surface area contributed by atoms with E-state index >= 15 is 0 Å². The van der Waals surface area contributed by atoms with E-state index < -0.39 is 0 Å². The van der Waals surface area contributed by atoms with Crippen LogP contribution < -0.4 is 10.6 Å². The maximum Gasteiger partial charge on any atom is 0.0825 e. The average Bonchev–Trinajstić information content (AvgIpc) is 2.41. The maximum atomic E-state index is 6.15. The molecule has 0 aromatic heterocycles. The van der Waals surface area contributed by atoms with E-state index in [1.54, 1.807) is 7.11 Å². The number of rotatable bonds is 4. The van der Waals surface area contributed by atoms with Gasteiger partial charge in [-0.3, -0.25) is 0 Å². The van der Waals surface area contributed by atoms with E-state index in [1.165, 1.54) is 11.3 Å². The van der Waals surface area contributed by atoms with Crippen LogP contribution in [0.4, 0.5) is 5.69 Å². The molecule has 1 heterocycles. The van der Waals surface area contributed by atoms with Gasteiger partial charge in [0.15, 0.2) is 0 Å². The fourth-order valence-electron chi connectivity index (χ4n) is 2.78. The normalized spacial score (nSPS) is 23.7. The fourth-order valence-corrected chi connectivity index (χ4v) is 2.94. The van der Waals surface area contributed by atoms with Crippen molar-refractivity contribution in [2.75, 3.05) is 31.6 Å². The Morgan fingerprint density at radius 3 is 2.95 bits per heavy atom. The summed E-state index contributed by atoms with van der Waals surface area (Å²) in [5, 5.41) is 0.778. The van der Waals surface area contributed by atoms with Gasteiger partial charge in [0.2, 0.25) is 0 Å². The zero-order valence-electron chi connectivity index (χ0n) is 11.8. The van der Waals surface area contributed by atoms with Crippen molar-refractivity contribution in [3.05, 3.63) is 28.8 Å². The molecular formula is C15H23ClN2O. The van der Waals surface area contributed by atoms with Gasteiger partial charge in [0.05, 0.1) is 5.60 Å². The van der Waals surface area contributed by atoms with Crippen molar-refractivity contribution >= 4 is 17.3 Å². The number of methoxy groups -OCH3 is 1. The lowest BCUT2D eigenvalue weighted by atomic mass is 9.93. The summed E-state index contributed by atoms with van der Waals surface area (Å²) >= 11 is 6.15. The van der Waals surface area contributed by atoms with Crippen LogP contribution in [0.15, 0.2) is 18.2 Å². The Hall–Kier alpha value is -0.770. The molecule has 0 amide bonds. The molecule has 1 unspecified atom stereocenters. The third-order valence-electron chi connectivity index (χ3n) is 3.95. The third-order valence-corrected chi connectivity index (χ3v) is 4.19. The second-order valence-corrected chi connectivity index (χ2v) is 5.93.